The minimum Gasteiger partial charge on any atom is -0.497 e. The van der Waals surface area contributed by atoms with E-state index in [4.69, 9.17) is 14.2 Å². The molecule has 2 aliphatic heterocycles. The van der Waals surface area contributed by atoms with Crippen molar-refractivity contribution in [2.75, 3.05) is 40.5 Å². The number of benzene rings is 1. The summed E-state index contributed by atoms with van der Waals surface area (Å²) < 4.78 is 18.5. The van der Waals surface area contributed by atoms with Gasteiger partial charge in [0.15, 0.2) is 0 Å². The summed E-state index contributed by atoms with van der Waals surface area (Å²) >= 11 is 0. The Kier molecular flexibility index (Phi) is 7.03. The molecule has 0 radical (unpaired) electrons. The molecule has 0 aliphatic carbocycles. The zero-order chi connectivity index (χ0) is 21.6. The van der Waals surface area contributed by atoms with E-state index in [0.717, 1.165) is 74.2 Å². The van der Waals surface area contributed by atoms with Crippen molar-refractivity contribution in [3.8, 4) is 11.5 Å². The second-order valence-corrected chi connectivity index (χ2v) is 7.93. The van der Waals surface area contributed by atoms with Crippen molar-refractivity contribution in [3.63, 3.8) is 0 Å². The number of carbonyl (C=O) groups is 1. The molecule has 1 atom stereocenters. The monoisotopic (exact) mass is 429 g/mol. The summed E-state index contributed by atoms with van der Waals surface area (Å²) in [5.41, 5.74) is 1.14. The van der Waals surface area contributed by atoms with E-state index in [1.807, 2.05) is 12.1 Å². The van der Waals surface area contributed by atoms with Gasteiger partial charge >= 0.3 is 0 Å². The van der Waals surface area contributed by atoms with Crippen LogP contribution in [0.5, 0.6) is 11.5 Å². The van der Waals surface area contributed by atoms with Crippen LogP contribution in [0.2, 0.25) is 0 Å². The normalized spacial score (nSPS) is 19.0. The second kappa shape index (κ2) is 10.1. The van der Waals surface area contributed by atoms with Gasteiger partial charge in [0.1, 0.15) is 29.3 Å². The van der Waals surface area contributed by atoms with E-state index < -0.39 is 0 Å². The third-order valence-corrected chi connectivity index (χ3v) is 5.95. The van der Waals surface area contributed by atoms with Crippen LogP contribution in [0.3, 0.4) is 0 Å². The van der Waals surface area contributed by atoms with Gasteiger partial charge in [-0.3, -0.25) is 9.69 Å². The van der Waals surface area contributed by atoms with Gasteiger partial charge in [0.2, 0.25) is 5.91 Å². The summed E-state index contributed by atoms with van der Waals surface area (Å²) in [4.78, 5) is 14.5. The number of amides is 1. The highest BCUT2D eigenvalue weighted by Crippen LogP contribution is 2.26. The number of nitrogens with zero attached hydrogens (tertiary/aromatic N) is 4. The molecular weight excluding hydrogens is 398 g/mol. The van der Waals surface area contributed by atoms with Crippen LogP contribution in [0.15, 0.2) is 18.2 Å². The maximum Gasteiger partial charge on any atom is 0.249 e. The number of aromatic nitrogens is 3. The maximum absolute atomic E-state index is 12.1. The molecule has 9 heteroatoms. The largest absolute Gasteiger partial charge is 0.497 e. The zero-order valence-corrected chi connectivity index (χ0v) is 18.3. The average molecular weight is 430 g/mol. The predicted octanol–water partition coefficient (Wildman–Crippen LogP) is 1.19. The topological polar surface area (TPSA) is 90.7 Å². The molecule has 1 saturated heterocycles. The van der Waals surface area contributed by atoms with Crippen molar-refractivity contribution in [3.05, 3.63) is 35.4 Å². The number of nitrogens with one attached hydrogen (secondary N) is 1. The van der Waals surface area contributed by atoms with E-state index in [1.54, 1.807) is 14.2 Å². The third kappa shape index (κ3) is 5.16. The molecule has 2 aromatic rings. The molecule has 4 rings (SSSR count). The first-order valence-electron chi connectivity index (χ1n) is 10.9. The molecule has 3 heterocycles. The fraction of sp³-hybridized carbons (Fsp3) is 0.591. The summed E-state index contributed by atoms with van der Waals surface area (Å²) in [5, 5.41) is 11.7. The molecule has 168 valence electrons. The van der Waals surface area contributed by atoms with E-state index >= 15 is 0 Å². The SMILES string of the molecule is COc1ccc(CN2CCc3nnc(CCNC(=O)[C@H]4CCCO4)n3CC2)c(OC)c1. The number of carbonyl (C=O) groups excluding carboxylic acids is 1. The lowest BCUT2D eigenvalue weighted by molar-refractivity contribution is -0.130. The molecule has 0 unspecified atom stereocenters. The van der Waals surface area contributed by atoms with Crippen LogP contribution < -0.4 is 14.8 Å². The molecule has 1 aromatic carbocycles. The minimum absolute atomic E-state index is 0.0206. The summed E-state index contributed by atoms with van der Waals surface area (Å²) in [6.45, 7) is 4.66. The van der Waals surface area contributed by atoms with Gasteiger partial charge in [-0.2, -0.15) is 0 Å². The van der Waals surface area contributed by atoms with Gasteiger partial charge in [0.05, 0.1) is 14.2 Å². The van der Waals surface area contributed by atoms with Crippen molar-refractivity contribution in [1.29, 1.82) is 0 Å². The van der Waals surface area contributed by atoms with Crippen molar-refractivity contribution in [2.45, 2.75) is 44.9 Å². The Hall–Kier alpha value is -2.65. The molecule has 1 fully saturated rings. The molecule has 1 aromatic heterocycles. The lowest BCUT2D eigenvalue weighted by Crippen LogP contribution is -2.35. The van der Waals surface area contributed by atoms with Crippen LogP contribution in [-0.2, 0) is 35.5 Å². The lowest BCUT2D eigenvalue weighted by atomic mass is 10.1. The van der Waals surface area contributed by atoms with Crippen LogP contribution in [0.4, 0.5) is 0 Å². The molecule has 9 nitrogen and oxygen atoms in total. The van der Waals surface area contributed by atoms with Crippen molar-refractivity contribution in [2.24, 2.45) is 0 Å². The first-order chi connectivity index (χ1) is 15.2. The Morgan fingerprint density at radius 2 is 2.13 bits per heavy atom. The highest BCUT2D eigenvalue weighted by Gasteiger charge is 2.24. The van der Waals surface area contributed by atoms with Gasteiger partial charge < -0.3 is 24.1 Å². The summed E-state index contributed by atoms with van der Waals surface area (Å²) in [7, 11) is 3.34. The van der Waals surface area contributed by atoms with Crippen molar-refractivity contribution < 1.29 is 19.0 Å². The Bertz CT molecular complexity index is 894. The number of fused-ring (bicyclic) bond motifs is 1. The van der Waals surface area contributed by atoms with Crippen molar-refractivity contribution in [1.82, 2.24) is 25.0 Å². The number of methoxy groups -OCH3 is 2. The van der Waals surface area contributed by atoms with E-state index in [9.17, 15) is 4.79 Å². The number of hydrogen-bond donors (Lipinski definition) is 1. The molecule has 0 saturated carbocycles. The van der Waals surface area contributed by atoms with E-state index in [0.29, 0.717) is 19.6 Å². The van der Waals surface area contributed by atoms with Gasteiger partial charge in [-0.1, -0.05) is 6.07 Å². The van der Waals surface area contributed by atoms with E-state index in [2.05, 4.69) is 31.0 Å². The zero-order valence-electron chi connectivity index (χ0n) is 18.3. The molecule has 31 heavy (non-hydrogen) atoms. The standard InChI is InChI=1S/C22H31N5O4/c1-29-17-6-5-16(19(14-17)30-2)15-26-10-8-21-25-24-20(27(21)12-11-26)7-9-23-22(28)18-4-3-13-31-18/h5-6,14,18H,3-4,7-13,15H2,1-2H3,(H,23,28)/t18-/m1/s1. The first kappa shape index (κ1) is 21.6. The Morgan fingerprint density at radius 3 is 2.90 bits per heavy atom. The lowest BCUT2D eigenvalue weighted by Gasteiger charge is -2.21. The molecule has 0 spiro atoms. The smallest absolute Gasteiger partial charge is 0.249 e. The van der Waals surface area contributed by atoms with E-state index in [1.165, 1.54) is 0 Å². The number of hydrogen-bond acceptors (Lipinski definition) is 7. The van der Waals surface area contributed by atoms with Gasteiger partial charge in [0.25, 0.3) is 0 Å². The number of rotatable bonds is 8. The van der Waals surface area contributed by atoms with Crippen LogP contribution in [0, 0.1) is 0 Å². The molecular formula is C22H31N5O4. The summed E-state index contributed by atoms with van der Waals surface area (Å²) in [6.07, 6.45) is 2.97. The highest BCUT2D eigenvalue weighted by atomic mass is 16.5. The quantitative estimate of drug-likeness (QED) is 0.674. The molecule has 2 aliphatic rings. The Balaban J connectivity index is 1.32. The average Bonchev–Trinajstić information content (AvgIpc) is 3.42. The van der Waals surface area contributed by atoms with Crippen LogP contribution in [0.25, 0.3) is 0 Å². The van der Waals surface area contributed by atoms with E-state index in [-0.39, 0.29) is 12.0 Å². The third-order valence-electron chi connectivity index (χ3n) is 5.95. The molecule has 0 bridgehead atoms. The second-order valence-electron chi connectivity index (χ2n) is 7.93. The van der Waals surface area contributed by atoms with Gasteiger partial charge in [-0.05, 0) is 18.9 Å². The fourth-order valence-electron chi connectivity index (χ4n) is 4.19. The molecule has 1 amide bonds. The Labute approximate surface area is 182 Å². The number of ether oxygens (including phenoxy) is 3. The predicted molar refractivity (Wildman–Crippen MR) is 114 cm³/mol. The van der Waals surface area contributed by atoms with Crippen LogP contribution in [-0.4, -0.2) is 72.1 Å². The van der Waals surface area contributed by atoms with Gasteiger partial charge in [0, 0.05) is 63.8 Å². The Morgan fingerprint density at radius 1 is 1.23 bits per heavy atom. The fourth-order valence-corrected chi connectivity index (χ4v) is 4.19. The highest BCUT2D eigenvalue weighted by molar-refractivity contribution is 5.80. The van der Waals surface area contributed by atoms with Crippen molar-refractivity contribution >= 4 is 5.91 Å². The van der Waals surface area contributed by atoms with Gasteiger partial charge in [-0.25, -0.2) is 0 Å². The van der Waals surface area contributed by atoms with Gasteiger partial charge in [-0.15, -0.1) is 10.2 Å². The first-order valence-corrected chi connectivity index (χ1v) is 10.9. The molecule has 1 N–H and O–H groups in total. The van der Waals surface area contributed by atoms with Crippen LogP contribution in [0.1, 0.15) is 30.1 Å². The summed E-state index contributed by atoms with van der Waals surface area (Å²) in [6, 6.07) is 5.95. The maximum atomic E-state index is 12.1. The minimum atomic E-state index is -0.293. The summed E-state index contributed by atoms with van der Waals surface area (Å²) in [5.74, 6) is 3.54. The van der Waals surface area contributed by atoms with Crippen LogP contribution >= 0.6 is 0 Å².